The molecule has 73 heavy (non-hydrogen) atoms. The first-order chi connectivity index (χ1) is 34.7. The molecule has 2 aromatic carbocycles. The van der Waals surface area contributed by atoms with Gasteiger partial charge in [0.1, 0.15) is 34.2 Å². The van der Waals surface area contributed by atoms with E-state index < -0.39 is 35.2 Å². The molecule has 408 valence electrons. The van der Waals surface area contributed by atoms with E-state index in [1.54, 1.807) is 32.9 Å². The van der Waals surface area contributed by atoms with Crippen LogP contribution in [0.5, 0.6) is 23.0 Å². The van der Waals surface area contributed by atoms with Crippen molar-refractivity contribution in [3.05, 3.63) is 46.5 Å². The quantitative estimate of drug-likeness (QED) is 0.0497. The van der Waals surface area contributed by atoms with Crippen molar-refractivity contribution in [2.75, 3.05) is 67.7 Å². The molecule has 2 fully saturated rings. The molecule has 2 aromatic rings. The van der Waals surface area contributed by atoms with E-state index in [4.69, 9.17) is 28.4 Å². The van der Waals surface area contributed by atoms with Gasteiger partial charge < -0.3 is 65.2 Å². The highest BCUT2D eigenvalue weighted by Gasteiger charge is 2.30. The number of ether oxygens (including phenoxy) is 6. The summed E-state index contributed by atoms with van der Waals surface area (Å²) in [5.41, 5.74) is -0.345. The topological polar surface area (TPSA) is 233 Å². The lowest BCUT2D eigenvalue weighted by Crippen LogP contribution is -2.44. The molecule has 0 radical (unpaired) electrons. The number of nitrogens with one attached hydrogen (secondary N) is 6. The fraction of sp³-hybridized carbons (Fsp3) is 0.667. The summed E-state index contributed by atoms with van der Waals surface area (Å²) >= 11 is 0. The Balaban J connectivity index is 1.46. The summed E-state index contributed by atoms with van der Waals surface area (Å²) in [7, 11) is 6.76. The molecule has 2 aliphatic carbocycles. The Morgan fingerprint density at radius 3 is 1.26 bits per heavy atom. The zero-order valence-corrected chi connectivity index (χ0v) is 45.2. The molecule has 0 spiro atoms. The van der Waals surface area contributed by atoms with Crippen LogP contribution in [0.4, 0.5) is 9.59 Å². The van der Waals surface area contributed by atoms with Crippen molar-refractivity contribution in [3.8, 4) is 23.0 Å². The summed E-state index contributed by atoms with van der Waals surface area (Å²) in [4.78, 5) is 81.6. The Morgan fingerprint density at radius 2 is 0.863 bits per heavy atom. The SMILES string of the molecule is COc1cc(OC)c(C(=O)NC2CCC(NC(=O)c3cc(C(=O)NCCN(C)C)c(OCCCCCNC(=O)OC(C)(C)C)cc3OCCCCCNC(=O)OC(C)(C)C)CC2)cc1C(=O)NC1CCCCC1. The number of carbonyl (C=O) groups is 6. The number of rotatable bonds is 26. The van der Waals surface area contributed by atoms with Gasteiger partial charge in [-0.15, -0.1) is 0 Å². The van der Waals surface area contributed by atoms with Gasteiger partial charge in [-0.1, -0.05) is 19.3 Å². The number of hydrogen-bond acceptors (Lipinski definition) is 13. The number of methoxy groups -OCH3 is 2. The highest BCUT2D eigenvalue weighted by atomic mass is 16.6. The first-order valence-corrected chi connectivity index (χ1v) is 26.1. The molecule has 0 heterocycles. The van der Waals surface area contributed by atoms with Crippen molar-refractivity contribution in [1.29, 1.82) is 0 Å². The van der Waals surface area contributed by atoms with Crippen molar-refractivity contribution < 1.29 is 57.2 Å². The minimum Gasteiger partial charge on any atom is -0.496 e. The third kappa shape index (κ3) is 21.6. The van der Waals surface area contributed by atoms with Crippen LogP contribution in [0.1, 0.15) is 179 Å². The zero-order valence-electron chi connectivity index (χ0n) is 45.2. The fourth-order valence-electron chi connectivity index (χ4n) is 8.50. The zero-order chi connectivity index (χ0) is 53.6. The molecule has 4 rings (SSSR count). The summed E-state index contributed by atoms with van der Waals surface area (Å²) in [6, 6.07) is 5.85. The molecule has 0 unspecified atom stereocenters. The number of benzene rings is 2. The second-order valence-electron chi connectivity index (χ2n) is 21.1. The lowest BCUT2D eigenvalue weighted by atomic mass is 9.90. The molecule has 2 saturated carbocycles. The van der Waals surface area contributed by atoms with Gasteiger partial charge in [-0.25, -0.2) is 9.59 Å². The predicted octanol–water partition coefficient (Wildman–Crippen LogP) is 7.68. The van der Waals surface area contributed by atoms with Crippen molar-refractivity contribution in [2.45, 2.75) is 167 Å². The van der Waals surface area contributed by atoms with Gasteiger partial charge in [0.2, 0.25) is 0 Å². The third-order valence-electron chi connectivity index (χ3n) is 12.3. The van der Waals surface area contributed by atoms with E-state index in [9.17, 15) is 28.8 Å². The summed E-state index contributed by atoms with van der Waals surface area (Å²) in [5, 5.41) is 17.9. The Hall–Kier alpha value is -5.98. The maximum Gasteiger partial charge on any atom is 0.407 e. The predicted molar refractivity (Wildman–Crippen MR) is 279 cm³/mol. The number of hydrogen-bond donors (Lipinski definition) is 6. The number of alkyl carbamates (subject to hydrolysis) is 2. The number of amides is 6. The van der Waals surface area contributed by atoms with Gasteiger partial charge in [0, 0.05) is 56.4 Å². The van der Waals surface area contributed by atoms with Gasteiger partial charge in [-0.2, -0.15) is 0 Å². The third-order valence-corrected chi connectivity index (χ3v) is 12.3. The number of nitrogens with zero attached hydrogens (tertiary/aromatic N) is 1. The molecule has 2 aliphatic rings. The van der Waals surface area contributed by atoms with E-state index in [0.717, 1.165) is 44.9 Å². The Labute approximate surface area is 433 Å². The van der Waals surface area contributed by atoms with Crippen molar-refractivity contribution in [1.82, 2.24) is 36.8 Å². The lowest BCUT2D eigenvalue weighted by molar-refractivity contribution is 0.0515. The molecule has 6 N–H and O–H groups in total. The monoisotopic (exact) mass is 1020 g/mol. The van der Waals surface area contributed by atoms with Crippen LogP contribution in [0.3, 0.4) is 0 Å². The second kappa shape index (κ2) is 29.7. The Morgan fingerprint density at radius 1 is 0.479 bits per heavy atom. The minimum atomic E-state index is -0.598. The molecule has 19 heteroatoms. The van der Waals surface area contributed by atoms with Gasteiger partial charge >= 0.3 is 12.2 Å². The smallest absolute Gasteiger partial charge is 0.407 e. The van der Waals surface area contributed by atoms with Crippen LogP contribution in [0.2, 0.25) is 0 Å². The molecule has 6 amide bonds. The van der Waals surface area contributed by atoms with Crippen molar-refractivity contribution in [2.24, 2.45) is 0 Å². The lowest BCUT2D eigenvalue weighted by Gasteiger charge is -2.30. The highest BCUT2D eigenvalue weighted by Crippen LogP contribution is 2.33. The number of likely N-dealkylation sites (N-methyl/N-ethyl adjacent to an activating group) is 1. The van der Waals surface area contributed by atoms with E-state index in [1.807, 2.05) is 39.8 Å². The number of carbonyl (C=O) groups excluding carboxylic acids is 6. The number of unbranched alkanes of at least 4 members (excludes halogenated alkanes) is 4. The molecule has 0 aliphatic heterocycles. The first kappa shape index (κ1) is 59.6. The van der Waals surface area contributed by atoms with Crippen LogP contribution in [-0.4, -0.2) is 138 Å². The summed E-state index contributed by atoms with van der Waals surface area (Å²) in [6.07, 6.45) is 10.5. The van der Waals surface area contributed by atoms with Gasteiger partial charge in [0.25, 0.3) is 23.6 Å². The minimum absolute atomic E-state index is 0.0697. The highest BCUT2D eigenvalue weighted by molar-refractivity contribution is 6.04. The summed E-state index contributed by atoms with van der Waals surface area (Å²) in [6.45, 7) is 13.2. The van der Waals surface area contributed by atoms with Crippen LogP contribution in [0.15, 0.2) is 24.3 Å². The molecule has 0 saturated heterocycles. The van der Waals surface area contributed by atoms with Gasteiger partial charge in [0.05, 0.1) is 49.7 Å². The maximum absolute atomic E-state index is 14.3. The van der Waals surface area contributed by atoms with Crippen LogP contribution in [-0.2, 0) is 9.47 Å². The van der Waals surface area contributed by atoms with Gasteiger partial charge in [-0.3, -0.25) is 19.2 Å². The normalized spacial score (nSPS) is 16.1. The molecule has 0 aromatic heterocycles. The molecule has 0 bridgehead atoms. The molecule has 0 atom stereocenters. The largest absolute Gasteiger partial charge is 0.496 e. The van der Waals surface area contributed by atoms with E-state index in [-0.39, 0.29) is 82.7 Å². The van der Waals surface area contributed by atoms with E-state index in [2.05, 4.69) is 31.9 Å². The van der Waals surface area contributed by atoms with Crippen molar-refractivity contribution >= 4 is 35.8 Å². The molecular formula is C54H85N7O12. The van der Waals surface area contributed by atoms with Crippen LogP contribution in [0, 0.1) is 0 Å². The standard InChI is InChI=1S/C54H85N7O12/c1-53(2,3)72-51(66)56-26-16-12-18-30-70-45-35-46(71-31-19-13-17-27-57-52(67)73-54(4,5)6)42(33-41(45)47(62)55-28-29-61(7)8)50(65)60-38-24-22-37(23-25-38)59-49(64)40-32-39(43(68-9)34-44(40)69-10)48(63)58-36-20-14-11-15-21-36/h32-38H,11-31H2,1-10H3,(H,55,62)(H,56,66)(H,57,67)(H,58,63)(H,59,64)(H,60,65). The average Bonchev–Trinajstić information content (AvgIpc) is 3.32. The first-order valence-electron chi connectivity index (χ1n) is 26.1. The van der Waals surface area contributed by atoms with Crippen molar-refractivity contribution in [3.63, 3.8) is 0 Å². The second-order valence-corrected chi connectivity index (χ2v) is 21.1. The van der Waals surface area contributed by atoms with Crippen LogP contribution < -0.4 is 50.8 Å². The summed E-state index contributed by atoms with van der Waals surface area (Å²) < 4.78 is 34.3. The van der Waals surface area contributed by atoms with Gasteiger partial charge in [-0.05, 0) is 145 Å². The summed E-state index contributed by atoms with van der Waals surface area (Å²) in [5.74, 6) is -0.383. The Kier molecular flexibility index (Phi) is 24.2. The molecular weight excluding hydrogens is 939 g/mol. The van der Waals surface area contributed by atoms with Crippen LogP contribution in [0.25, 0.3) is 0 Å². The van der Waals surface area contributed by atoms with Crippen LogP contribution >= 0.6 is 0 Å². The fourth-order valence-corrected chi connectivity index (χ4v) is 8.50. The Bertz CT molecular complexity index is 2120. The molecule has 19 nitrogen and oxygen atoms in total. The van der Waals surface area contributed by atoms with E-state index in [1.165, 1.54) is 26.4 Å². The van der Waals surface area contributed by atoms with Gasteiger partial charge in [0.15, 0.2) is 0 Å². The maximum atomic E-state index is 14.3. The van der Waals surface area contributed by atoms with E-state index >= 15 is 0 Å². The average molecular weight is 1020 g/mol. The van der Waals surface area contributed by atoms with E-state index in [0.29, 0.717) is 83.3 Å².